The molecule has 0 saturated heterocycles. The van der Waals surface area contributed by atoms with Crippen molar-refractivity contribution in [3.63, 3.8) is 0 Å². The summed E-state index contributed by atoms with van der Waals surface area (Å²) in [5.41, 5.74) is 2.41. The summed E-state index contributed by atoms with van der Waals surface area (Å²) in [5, 5.41) is 12.1. The van der Waals surface area contributed by atoms with Gasteiger partial charge in [-0.05, 0) is 39.2 Å². The average Bonchev–Trinajstić information content (AvgIpc) is 3.09. The molecule has 140 valence electrons. The third-order valence-electron chi connectivity index (χ3n) is 3.70. The van der Waals surface area contributed by atoms with E-state index in [4.69, 9.17) is 0 Å². The zero-order chi connectivity index (χ0) is 17.4. The first kappa shape index (κ1) is 21.9. The fourth-order valence-corrected chi connectivity index (χ4v) is 3.28. The van der Waals surface area contributed by atoms with Crippen molar-refractivity contribution in [3.05, 3.63) is 33.5 Å². The molecule has 2 aromatic rings. The van der Waals surface area contributed by atoms with Gasteiger partial charge in [-0.3, -0.25) is 9.67 Å². The van der Waals surface area contributed by atoms with Crippen LogP contribution >= 0.6 is 35.3 Å². The maximum absolute atomic E-state index is 4.64. The van der Waals surface area contributed by atoms with E-state index in [1.165, 1.54) is 15.4 Å². The van der Waals surface area contributed by atoms with Gasteiger partial charge in [0, 0.05) is 44.2 Å². The summed E-state index contributed by atoms with van der Waals surface area (Å²) in [6.45, 7) is 8.79. The van der Waals surface area contributed by atoms with Crippen LogP contribution in [-0.2, 0) is 19.9 Å². The molecule has 0 aliphatic rings. The van der Waals surface area contributed by atoms with Gasteiger partial charge in [0.1, 0.15) is 0 Å². The number of thiazole rings is 1. The Kier molecular flexibility index (Phi) is 10.0. The van der Waals surface area contributed by atoms with Gasteiger partial charge in [0.05, 0.1) is 16.9 Å². The van der Waals surface area contributed by atoms with E-state index in [9.17, 15) is 0 Å². The van der Waals surface area contributed by atoms with E-state index in [1.54, 1.807) is 11.3 Å². The van der Waals surface area contributed by atoms with E-state index in [2.05, 4.69) is 52.7 Å². The summed E-state index contributed by atoms with van der Waals surface area (Å²) < 4.78 is 1.84. The average molecular weight is 476 g/mol. The molecular formula is C17H29IN6S. The highest BCUT2D eigenvalue weighted by Gasteiger charge is 2.04. The molecule has 0 aromatic carbocycles. The van der Waals surface area contributed by atoms with Crippen molar-refractivity contribution in [3.8, 4) is 0 Å². The Labute approximate surface area is 171 Å². The van der Waals surface area contributed by atoms with Crippen LogP contribution in [0.25, 0.3) is 0 Å². The zero-order valence-electron chi connectivity index (χ0n) is 15.5. The van der Waals surface area contributed by atoms with Crippen molar-refractivity contribution in [1.82, 2.24) is 25.4 Å². The summed E-state index contributed by atoms with van der Waals surface area (Å²) in [4.78, 5) is 10.5. The van der Waals surface area contributed by atoms with Gasteiger partial charge in [-0.1, -0.05) is 0 Å². The smallest absolute Gasteiger partial charge is 0.191 e. The molecular weight excluding hydrogens is 447 g/mol. The van der Waals surface area contributed by atoms with Crippen molar-refractivity contribution in [2.45, 2.75) is 40.0 Å². The van der Waals surface area contributed by atoms with Gasteiger partial charge in [-0.15, -0.1) is 35.3 Å². The Morgan fingerprint density at radius 1 is 1.28 bits per heavy atom. The number of aromatic nitrogens is 3. The van der Waals surface area contributed by atoms with Crippen LogP contribution < -0.4 is 10.6 Å². The third-order valence-corrected chi connectivity index (χ3v) is 4.83. The lowest BCUT2D eigenvalue weighted by Crippen LogP contribution is -2.38. The molecule has 0 unspecified atom stereocenters. The number of halogens is 1. The second-order valence-corrected chi connectivity index (χ2v) is 7.10. The van der Waals surface area contributed by atoms with E-state index in [0.717, 1.165) is 50.6 Å². The molecule has 0 radical (unpaired) electrons. The number of nitrogens with zero attached hydrogens (tertiary/aromatic N) is 4. The highest BCUT2D eigenvalue weighted by atomic mass is 127. The summed E-state index contributed by atoms with van der Waals surface area (Å²) in [6.07, 6.45) is 6.94. The third kappa shape index (κ3) is 7.72. The zero-order valence-corrected chi connectivity index (χ0v) is 18.6. The minimum atomic E-state index is 0. The molecule has 2 rings (SSSR count). The molecule has 8 heteroatoms. The highest BCUT2D eigenvalue weighted by Crippen LogP contribution is 2.16. The van der Waals surface area contributed by atoms with E-state index in [0.29, 0.717) is 0 Å². The first-order chi connectivity index (χ1) is 11.6. The quantitative estimate of drug-likeness (QED) is 0.266. The number of rotatable bonds is 8. The maximum Gasteiger partial charge on any atom is 0.191 e. The predicted molar refractivity (Wildman–Crippen MR) is 116 cm³/mol. The number of hydrogen-bond donors (Lipinski definition) is 2. The van der Waals surface area contributed by atoms with Gasteiger partial charge in [-0.25, -0.2) is 4.98 Å². The molecule has 0 fully saturated rings. The molecule has 0 spiro atoms. The summed E-state index contributed by atoms with van der Waals surface area (Å²) in [7, 11) is 1.94. The number of aliphatic imine (C=N–C) groups is 1. The van der Waals surface area contributed by atoms with Crippen molar-refractivity contribution in [1.29, 1.82) is 0 Å². The normalized spacial score (nSPS) is 11.3. The first-order valence-corrected chi connectivity index (χ1v) is 9.32. The van der Waals surface area contributed by atoms with Crippen LogP contribution in [0.2, 0.25) is 0 Å². The fourth-order valence-electron chi connectivity index (χ4n) is 2.35. The number of aryl methyl sites for hydroxylation is 4. The summed E-state index contributed by atoms with van der Waals surface area (Å²) >= 11 is 1.78. The topological polar surface area (TPSA) is 67.1 Å². The number of guanidine groups is 1. The van der Waals surface area contributed by atoms with E-state index in [-0.39, 0.29) is 24.0 Å². The van der Waals surface area contributed by atoms with Gasteiger partial charge >= 0.3 is 0 Å². The van der Waals surface area contributed by atoms with E-state index < -0.39 is 0 Å². The second kappa shape index (κ2) is 11.5. The van der Waals surface area contributed by atoms with Crippen LogP contribution in [0.1, 0.15) is 34.5 Å². The lowest BCUT2D eigenvalue weighted by Gasteiger charge is -2.10. The van der Waals surface area contributed by atoms with Gasteiger partial charge in [0.2, 0.25) is 0 Å². The Bertz CT molecular complexity index is 644. The van der Waals surface area contributed by atoms with Crippen LogP contribution in [0.3, 0.4) is 0 Å². The largest absolute Gasteiger partial charge is 0.357 e. The molecule has 0 amide bonds. The standard InChI is InChI=1S/C17H28N6S.HI/c1-5-18-17(19-9-6-7-15-11-21-23(4)12-15)20-10-8-16-22-13(2)14(3)24-16;/h11-12H,5-10H2,1-4H3,(H2,18,19,20);1H. The molecule has 0 atom stereocenters. The number of hydrogen-bond acceptors (Lipinski definition) is 4. The Hall–Kier alpha value is -1.16. The second-order valence-electron chi connectivity index (χ2n) is 5.81. The van der Waals surface area contributed by atoms with Gasteiger partial charge < -0.3 is 10.6 Å². The minimum absolute atomic E-state index is 0. The van der Waals surface area contributed by atoms with Crippen molar-refractivity contribution < 1.29 is 0 Å². The van der Waals surface area contributed by atoms with Crippen molar-refractivity contribution in [2.24, 2.45) is 12.0 Å². The van der Waals surface area contributed by atoms with Crippen LogP contribution in [-0.4, -0.2) is 40.4 Å². The van der Waals surface area contributed by atoms with Crippen molar-refractivity contribution >= 4 is 41.3 Å². The molecule has 2 N–H and O–H groups in total. The SMILES string of the molecule is CCNC(=NCCCc1cnn(C)c1)NCCc1nc(C)c(C)s1.I. The lowest BCUT2D eigenvalue weighted by molar-refractivity contribution is 0.762. The van der Waals surface area contributed by atoms with Gasteiger partial charge in [0.15, 0.2) is 5.96 Å². The molecule has 25 heavy (non-hydrogen) atoms. The van der Waals surface area contributed by atoms with Crippen LogP contribution in [0.5, 0.6) is 0 Å². The van der Waals surface area contributed by atoms with Crippen LogP contribution in [0.4, 0.5) is 0 Å². The molecule has 0 aliphatic heterocycles. The summed E-state index contributed by atoms with van der Waals surface area (Å²) in [6, 6.07) is 0. The molecule has 0 saturated carbocycles. The number of nitrogens with one attached hydrogen (secondary N) is 2. The first-order valence-electron chi connectivity index (χ1n) is 8.51. The molecule has 0 aliphatic carbocycles. The highest BCUT2D eigenvalue weighted by molar-refractivity contribution is 14.0. The van der Waals surface area contributed by atoms with E-state index >= 15 is 0 Å². The van der Waals surface area contributed by atoms with Crippen molar-refractivity contribution in [2.75, 3.05) is 19.6 Å². The fraction of sp³-hybridized carbons (Fsp3) is 0.588. The minimum Gasteiger partial charge on any atom is -0.357 e. The van der Waals surface area contributed by atoms with Crippen LogP contribution in [0, 0.1) is 13.8 Å². The Morgan fingerprint density at radius 2 is 2.08 bits per heavy atom. The Balaban J connectivity index is 0.00000312. The lowest BCUT2D eigenvalue weighted by atomic mass is 10.2. The maximum atomic E-state index is 4.64. The predicted octanol–water partition coefficient (Wildman–Crippen LogP) is 2.84. The Morgan fingerprint density at radius 3 is 2.68 bits per heavy atom. The monoisotopic (exact) mass is 476 g/mol. The summed E-state index contributed by atoms with van der Waals surface area (Å²) in [5.74, 6) is 0.883. The molecule has 6 nitrogen and oxygen atoms in total. The molecule has 0 bridgehead atoms. The molecule has 2 heterocycles. The van der Waals surface area contributed by atoms with Crippen LogP contribution in [0.15, 0.2) is 17.4 Å². The van der Waals surface area contributed by atoms with Gasteiger partial charge in [0.25, 0.3) is 0 Å². The van der Waals surface area contributed by atoms with Gasteiger partial charge in [-0.2, -0.15) is 5.10 Å². The van der Waals surface area contributed by atoms with E-state index in [1.807, 2.05) is 17.9 Å². The molecule has 2 aromatic heterocycles.